The minimum atomic E-state index is -0.231. The minimum absolute atomic E-state index is 0.141. The summed E-state index contributed by atoms with van der Waals surface area (Å²) >= 11 is 0. The maximum atomic E-state index is 10.9. The highest BCUT2D eigenvalue weighted by Crippen LogP contribution is 2.06. The molecule has 0 amide bonds. The highest BCUT2D eigenvalue weighted by molar-refractivity contribution is 5.68. The Morgan fingerprint density at radius 2 is 1.62 bits per heavy atom. The van der Waals surface area contributed by atoms with Crippen molar-refractivity contribution in [2.75, 3.05) is 7.11 Å². The molecule has 0 spiro atoms. The summed E-state index contributed by atoms with van der Waals surface area (Å²) in [6.07, 6.45) is 23.1. The van der Waals surface area contributed by atoms with Crippen LogP contribution in [0.15, 0.2) is 36.5 Å². The molecule has 0 aromatic heterocycles. The summed E-state index contributed by atoms with van der Waals surface area (Å²) in [4.78, 5) is 10.9. The minimum Gasteiger partial charge on any atom is -0.469 e. The van der Waals surface area contributed by atoms with Gasteiger partial charge in [0, 0.05) is 6.42 Å². The molecule has 0 unspecified atom stereocenters. The van der Waals surface area contributed by atoms with Crippen LogP contribution in [0.5, 0.6) is 0 Å². The summed E-state index contributed by atoms with van der Waals surface area (Å²) in [5.41, 5.74) is 0. The Balaban J connectivity index is 3.48. The maximum Gasteiger partial charge on any atom is 0.305 e. The van der Waals surface area contributed by atoms with E-state index in [-0.39, 0.29) is 12.1 Å². The van der Waals surface area contributed by atoms with E-state index in [1.165, 1.54) is 26.4 Å². The lowest BCUT2D eigenvalue weighted by molar-refractivity contribution is -0.140. The zero-order chi connectivity index (χ0) is 17.9. The van der Waals surface area contributed by atoms with E-state index in [0.717, 1.165) is 44.9 Å². The molecule has 0 heterocycles. The lowest BCUT2D eigenvalue weighted by Crippen LogP contribution is -2.03. The molecule has 0 aromatic carbocycles. The molecule has 0 aliphatic heterocycles. The van der Waals surface area contributed by atoms with E-state index in [0.29, 0.717) is 6.42 Å². The number of carbonyl (C=O) groups excluding carboxylic acids is 1. The van der Waals surface area contributed by atoms with Crippen LogP contribution in [0.2, 0.25) is 0 Å². The Hall–Kier alpha value is -1.35. The molecule has 24 heavy (non-hydrogen) atoms. The third kappa shape index (κ3) is 17.0. The molecule has 0 fully saturated rings. The number of esters is 1. The fraction of sp³-hybridized carbons (Fsp3) is 0.667. The number of hydrogen-bond acceptors (Lipinski definition) is 3. The smallest absolute Gasteiger partial charge is 0.305 e. The number of allylic oxidation sites excluding steroid dienone is 5. The van der Waals surface area contributed by atoms with E-state index in [1.807, 2.05) is 0 Å². The van der Waals surface area contributed by atoms with Gasteiger partial charge in [-0.3, -0.25) is 4.79 Å². The van der Waals surface area contributed by atoms with Crippen LogP contribution >= 0.6 is 0 Å². The Kier molecular flexibility index (Phi) is 17.0. The maximum absolute atomic E-state index is 10.9. The van der Waals surface area contributed by atoms with Gasteiger partial charge in [0.05, 0.1) is 13.2 Å². The Morgan fingerprint density at radius 3 is 2.33 bits per heavy atom. The van der Waals surface area contributed by atoms with E-state index in [9.17, 15) is 9.90 Å². The molecule has 0 aromatic rings. The van der Waals surface area contributed by atoms with E-state index < -0.39 is 0 Å². The standard InChI is InChI=1S/C21H36O3/c1-3-4-5-6-11-14-17-20(22)18-15-12-9-7-8-10-13-16-19-21(23)24-2/h8-12,14,20,22H,3-7,13,15-19H2,1-2H3/b10-8-,12-9-,14-11-/t20-/m0/s1. The predicted molar refractivity (Wildman–Crippen MR) is 102 cm³/mol. The first kappa shape index (κ1) is 22.6. The molecule has 3 heteroatoms. The number of carbonyl (C=O) groups is 1. The van der Waals surface area contributed by atoms with E-state index in [1.54, 1.807) is 0 Å². The summed E-state index contributed by atoms with van der Waals surface area (Å²) in [5.74, 6) is -0.141. The molecular formula is C21H36O3. The number of aliphatic hydroxyl groups is 1. The first-order chi connectivity index (χ1) is 11.7. The van der Waals surface area contributed by atoms with Crippen LogP contribution in [0.1, 0.15) is 77.6 Å². The van der Waals surface area contributed by atoms with Crippen molar-refractivity contribution in [3.63, 3.8) is 0 Å². The normalized spacial score (nSPS) is 13.3. The zero-order valence-corrected chi connectivity index (χ0v) is 15.6. The third-order valence-corrected chi connectivity index (χ3v) is 3.80. The van der Waals surface area contributed by atoms with E-state index in [4.69, 9.17) is 0 Å². The lowest BCUT2D eigenvalue weighted by Gasteiger charge is -2.05. The molecule has 1 N–H and O–H groups in total. The van der Waals surface area contributed by atoms with Crippen molar-refractivity contribution in [1.29, 1.82) is 0 Å². The topological polar surface area (TPSA) is 46.5 Å². The first-order valence-electron chi connectivity index (χ1n) is 9.40. The van der Waals surface area contributed by atoms with Crippen LogP contribution in [0.3, 0.4) is 0 Å². The van der Waals surface area contributed by atoms with Crippen molar-refractivity contribution in [1.82, 2.24) is 0 Å². The highest BCUT2D eigenvalue weighted by Gasteiger charge is 1.99. The largest absolute Gasteiger partial charge is 0.469 e. The first-order valence-corrected chi connectivity index (χ1v) is 9.40. The summed E-state index contributed by atoms with van der Waals surface area (Å²) in [6.45, 7) is 2.21. The van der Waals surface area contributed by atoms with Gasteiger partial charge in [-0.15, -0.1) is 0 Å². The van der Waals surface area contributed by atoms with Crippen molar-refractivity contribution < 1.29 is 14.6 Å². The highest BCUT2D eigenvalue weighted by atomic mass is 16.5. The van der Waals surface area contributed by atoms with Gasteiger partial charge in [0.2, 0.25) is 0 Å². The van der Waals surface area contributed by atoms with Crippen molar-refractivity contribution in [2.45, 2.75) is 83.7 Å². The number of ether oxygens (including phenoxy) is 1. The van der Waals surface area contributed by atoms with Crippen molar-refractivity contribution in [3.05, 3.63) is 36.5 Å². The number of unbranched alkanes of at least 4 members (excludes halogenated alkanes) is 4. The van der Waals surface area contributed by atoms with Crippen molar-refractivity contribution in [3.8, 4) is 0 Å². The second kappa shape index (κ2) is 18.0. The molecule has 0 bridgehead atoms. The quantitative estimate of drug-likeness (QED) is 0.244. The lowest BCUT2D eigenvalue weighted by atomic mass is 10.1. The van der Waals surface area contributed by atoms with Crippen molar-refractivity contribution >= 4 is 5.97 Å². The fourth-order valence-electron chi connectivity index (χ4n) is 2.26. The van der Waals surface area contributed by atoms with Gasteiger partial charge in [-0.1, -0.05) is 56.2 Å². The molecular weight excluding hydrogens is 300 g/mol. The predicted octanol–water partition coefficient (Wildman–Crippen LogP) is 5.50. The second-order valence-electron chi connectivity index (χ2n) is 6.08. The van der Waals surface area contributed by atoms with E-state index in [2.05, 4.69) is 48.1 Å². The summed E-state index contributed by atoms with van der Waals surface area (Å²) in [5, 5.41) is 9.88. The summed E-state index contributed by atoms with van der Waals surface area (Å²) in [6, 6.07) is 0. The van der Waals surface area contributed by atoms with E-state index >= 15 is 0 Å². The van der Waals surface area contributed by atoms with Crippen LogP contribution in [0.25, 0.3) is 0 Å². The molecule has 0 aliphatic rings. The molecule has 1 atom stereocenters. The molecule has 0 aliphatic carbocycles. The van der Waals surface area contributed by atoms with Crippen LogP contribution in [-0.4, -0.2) is 24.3 Å². The van der Waals surface area contributed by atoms with Gasteiger partial charge in [-0.2, -0.15) is 0 Å². The molecule has 0 radical (unpaired) electrons. The van der Waals surface area contributed by atoms with Crippen LogP contribution in [0.4, 0.5) is 0 Å². The monoisotopic (exact) mass is 336 g/mol. The SMILES string of the molecule is CCCCC/C=C\C[C@H](O)CC/C=C\C/C=C\CCCC(=O)OC. The molecule has 0 saturated heterocycles. The molecule has 3 nitrogen and oxygen atoms in total. The molecule has 0 rings (SSSR count). The third-order valence-electron chi connectivity index (χ3n) is 3.80. The summed E-state index contributed by atoms with van der Waals surface area (Å²) < 4.78 is 4.59. The van der Waals surface area contributed by atoms with Gasteiger partial charge in [0.1, 0.15) is 0 Å². The Morgan fingerprint density at radius 1 is 0.958 bits per heavy atom. The average Bonchev–Trinajstić information content (AvgIpc) is 2.59. The fourth-order valence-corrected chi connectivity index (χ4v) is 2.26. The number of hydrogen-bond donors (Lipinski definition) is 1. The van der Waals surface area contributed by atoms with Gasteiger partial charge < -0.3 is 9.84 Å². The van der Waals surface area contributed by atoms with Gasteiger partial charge in [-0.25, -0.2) is 0 Å². The number of methoxy groups -OCH3 is 1. The van der Waals surface area contributed by atoms with Crippen LogP contribution in [0, 0.1) is 0 Å². The van der Waals surface area contributed by atoms with Crippen LogP contribution < -0.4 is 0 Å². The van der Waals surface area contributed by atoms with Gasteiger partial charge in [0.25, 0.3) is 0 Å². The number of aliphatic hydroxyl groups excluding tert-OH is 1. The number of rotatable bonds is 15. The van der Waals surface area contributed by atoms with Gasteiger partial charge in [-0.05, 0) is 51.4 Å². The van der Waals surface area contributed by atoms with Gasteiger partial charge in [0.15, 0.2) is 0 Å². The van der Waals surface area contributed by atoms with Crippen molar-refractivity contribution in [2.24, 2.45) is 0 Å². The average molecular weight is 337 g/mol. The molecule has 138 valence electrons. The van der Waals surface area contributed by atoms with Crippen LogP contribution in [-0.2, 0) is 9.53 Å². The molecule has 0 saturated carbocycles. The summed E-state index contributed by atoms with van der Waals surface area (Å²) in [7, 11) is 1.42. The Labute approximate surface area is 148 Å². The Bertz CT molecular complexity index is 369. The van der Waals surface area contributed by atoms with Gasteiger partial charge >= 0.3 is 5.97 Å². The zero-order valence-electron chi connectivity index (χ0n) is 15.6. The second-order valence-corrected chi connectivity index (χ2v) is 6.08.